The Balaban J connectivity index is 1.85. The molecule has 0 radical (unpaired) electrons. The number of rotatable bonds is 7. The SMILES string of the molecule is Cc1ccc(C(CN)NCCCC2CC2)c(C)c1. The van der Waals surface area contributed by atoms with Crippen LogP contribution < -0.4 is 11.1 Å². The number of hydrogen-bond acceptors (Lipinski definition) is 2. The molecule has 1 saturated carbocycles. The van der Waals surface area contributed by atoms with Crippen molar-refractivity contribution in [1.29, 1.82) is 0 Å². The second-order valence-electron chi connectivity index (χ2n) is 5.69. The topological polar surface area (TPSA) is 38.0 Å². The van der Waals surface area contributed by atoms with Crippen molar-refractivity contribution in [2.45, 2.75) is 45.6 Å². The van der Waals surface area contributed by atoms with Crippen molar-refractivity contribution in [3.05, 3.63) is 34.9 Å². The summed E-state index contributed by atoms with van der Waals surface area (Å²) in [7, 11) is 0. The van der Waals surface area contributed by atoms with Crippen LogP contribution in [0.4, 0.5) is 0 Å². The first-order chi connectivity index (χ1) is 8.70. The first-order valence-electron chi connectivity index (χ1n) is 7.21. The van der Waals surface area contributed by atoms with E-state index in [0.717, 1.165) is 12.5 Å². The minimum Gasteiger partial charge on any atom is -0.329 e. The summed E-state index contributed by atoms with van der Waals surface area (Å²) in [6, 6.07) is 6.95. The molecule has 3 N–H and O–H groups in total. The standard InChI is InChI=1S/C16H26N2/c1-12-5-8-15(13(2)10-12)16(11-17)18-9-3-4-14-6-7-14/h5,8,10,14,16,18H,3-4,6-7,9,11,17H2,1-2H3. The molecule has 1 unspecified atom stereocenters. The van der Waals surface area contributed by atoms with Gasteiger partial charge in [0.1, 0.15) is 0 Å². The summed E-state index contributed by atoms with van der Waals surface area (Å²) in [6.07, 6.45) is 5.58. The Morgan fingerprint density at radius 2 is 2.11 bits per heavy atom. The molecule has 1 atom stereocenters. The van der Waals surface area contributed by atoms with Crippen LogP contribution >= 0.6 is 0 Å². The Hall–Kier alpha value is -0.860. The summed E-state index contributed by atoms with van der Waals surface area (Å²) in [5, 5.41) is 3.60. The van der Waals surface area contributed by atoms with Gasteiger partial charge in [0.2, 0.25) is 0 Å². The lowest BCUT2D eigenvalue weighted by atomic mass is 9.99. The van der Waals surface area contributed by atoms with Gasteiger partial charge in [0.05, 0.1) is 0 Å². The summed E-state index contributed by atoms with van der Waals surface area (Å²) < 4.78 is 0. The molecule has 0 saturated heterocycles. The molecule has 100 valence electrons. The lowest BCUT2D eigenvalue weighted by molar-refractivity contribution is 0.510. The van der Waals surface area contributed by atoms with Crippen molar-refractivity contribution < 1.29 is 0 Å². The van der Waals surface area contributed by atoms with E-state index >= 15 is 0 Å². The fourth-order valence-corrected chi connectivity index (χ4v) is 2.61. The van der Waals surface area contributed by atoms with E-state index in [1.807, 2.05) is 0 Å². The summed E-state index contributed by atoms with van der Waals surface area (Å²) >= 11 is 0. The third kappa shape index (κ3) is 3.82. The van der Waals surface area contributed by atoms with Gasteiger partial charge in [0, 0.05) is 12.6 Å². The van der Waals surface area contributed by atoms with E-state index in [-0.39, 0.29) is 0 Å². The van der Waals surface area contributed by atoms with Gasteiger partial charge in [0.25, 0.3) is 0 Å². The quantitative estimate of drug-likeness (QED) is 0.726. The van der Waals surface area contributed by atoms with E-state index in [9.17, 15) is 0 Å². The van der Waals surface area contributed by atoms with Gasteiger partial charge in [-0.25, -0.2) is 0 Å². The highest BCUT2D eigenvalue weighted by molar-refractivity contribution is 5.33. The highest BCUT2D eigenvalue weighted by Crippen LogP contribution is 2.33. The second-order valence-corrected chi connectivity index (χ2v) is 5.69. The average molecular weight is 246 g/mol. The molecule has 1 aliphatic carbocycles. The van der Waals surface area contributed by atoms with Crippen LogP contribution in [0, 0.1) is 19.8 Å². The zero-order valence-corrected chi connectivity index (χ0v) is 11.7. The molecule has 0 aromatic heterocycles. The number of nitrogens with one attached hydrogen (secondary N) is 1. The summed E-state index contributed by atoms with van der Waals surface area (Å²) in [6.45, 7) is 6.08. The first kappa shape index (κ1) is 13.6. The Morgan fingerprint density at radius 1 is 1.33 bits per heavy atom. The van der Waals surface area contributed by atoms with Gasteiger partial charge in [-0.05, 0) is 50.3 Å². The Labute approximate surface area is 111 Å². The molecule has 0 bridgehead atoms. The average Bonchev–Trinajstić information content (AvgIpc) is 3.15. The minimum absolute atomic E-state index is 0.310. The fourth-order valence-electron chi connectivity index (χ4n) is 2.61. The van der Waals surface area contributed by atoms with Crippen LogP contribution in [0.1, 0.15) is 48.4 Å². The van der Waals surface area contributed by atoms with Gasteiger partial charge < -0.3 is 11.1 Å². The van der Waals surface area contributed by atoms with Crippen molar-refractivity contribution in [2.24, 2.45) is 11.7 Å². The molecule has 2 rings (SSSR count). The van der Waals surface area contributed by atoms with E-state index in [1.54, 1.807) is 0 Å². The number of benzene rings is 1. The van der Waals surface area contributed by atoms with Crippen molar-refractivity contribution in [3.63, 3.8) is 0 Å². The molecule has 0 heterocycles. The Kier molecular flexibility index (Phi) is 4.79. The molecule has 0 amide bonds. The lowest BCUT2D eigenvalue weighted by Crippen LogP contribution is -2.29. The van der Waals surface area contributed by atoms with Crippen LogP contribution in [-0.4, -0.2) is 13.1 Å². The zero-order chi connectivity index (χ0) is 13.0. The van der Waals surface area contributed by atoms with Crippen LogP contribution in [0.15, 0.2) is 18.2 Å². The highest BCUT2D eigenvalue weighted by atomic mass is 14.9. The molecule has 2 heteroatoms. The summed E-state index contributed by atoms with van der Waals surface area (Å²) in [4.78, 5) is 0. The first-order valence-corrected chi connectivity index (χ1v) is 7.21. The maximum Gasteiger partial charge on any atom is 0.0447 e. The van der Waals surface area contributed by atoms with Gasteiger partial charge in [-0.2, -0.15) is 0 Å². The molecule has 1 aliphatic rings. The predicted molar refractivity (Wildman–Crippen MR) is 77.7 cm³/mol. The molecule has 1 aromatic carbocycles. The van der Waals surface area contributed by atoms with Crippen molar-refractivity contribution >= 4 is 0 Å². The number of nitrogens with two attached hydrogens (primary N) is 1. The van der Waals surface area contributed by atoms with Gasteiger partial charge in [-0.1, -0.05) is 36.6 Å². The van der Waals surface area contributed by atoms with Crippen LogP contribution in [0.2, 0.25) is 0 Å². The minimum atomic E-state index is 0.310. The summed E-state index contributed by atoms with van der Waals surface area (Å²) in [5.74, 6) is 1.03. The third-order valence-corrected chi connectivity index (χ3v) is 3.91. The van der Waals surface area contributed by atoms with Gasteiger partial charge >= 0.3 is 0 Å². The molecule has 1 aromatic rings. The highest BCUT2D eigenvalue weighted by Gasteiger charge is 2.20. The van der Waals surface area contributed by atoms with Gasteiger partial charge in [-0.15, -0.1) is 0 Å². The van der Waals surface area contributed by atoms with Gasteiger partial charge in [0.15, 0.2) is 0 Å². The van der Waals surface area contributed by atoms with Crippen molar-refractivity contribution in [3.8, 4) is 0 Å². The van der Waals surface area contributed by atoms with E-state index in [1.165, 1.54) is 42.4 Å². The zero-order valence-electron chi connectivity index (χ0n) is 11.7. The lowest BCUT2D eigenvalue weighted by Gasteiger charge is -2.19. The monoisotopic (exact) mass is 246 g/mol. The number of aryl methyl sites for hydroxylation is 2. The molecular weight excluding hydrogens is 220 g/mol. The van der Waals surface area contributed by atoms with E-state index < -0.39 is 0 Å². The maximum atomic E-state index is 5.90. The Bertz CT molecular complexity index is 383. The molecule has 0 spiro atoms. The van der Waals surface area contributed by atoms with Crippen molar-refractivity contribution in [2.75, 3.05) is 13.1 Å². The fraction of sp³-hybridized carbons (Fsp3) is 0.625. The normalized spacial score (nSPS) is 16.8. The summed E-state index contributed by atoms with van der Waals surface area (Å²) in [5.41, 5.74) is 9.93. The van der Waals surface area contributed by atoms with Crippen LogP contribution in [0.3, 0.4) is 0 Å². The van der Waals surface area contributed by atoms with Crippen LogP contribution in [0.25, 0.3) is 0 Å². The largest absolute Gasteiger partial charge is 0.329 e. The predicted octanol–water partition coefficient (Wildman–Crippen LogP) is 3.08. The van der Waals surface area contributed by atoms with Gasteiger partial charge in [-0.3, -0.25) is 0 Å². The van der Waals surface area contributed by atoms with Crippen LogP contribution in [-0.2, 0) is 0 Å². The van der Waals surface area contributed by atoms with E-state index in [2.05, 4.69) is 37.4 Å². The van der Waals surface area contributed by atoms with Crippen LogP contribution in [0.5, 0.6) is 0 Å². The molecule has 2 nitrogen and oxygen atoms in total. The molecule has 1 fully saturated rings. The van der Waals surface area contributed by atoms with E-state index in [0.29, 0.717) is 12.6 Å². The third-order valence-electron chi connectivity index (χ3n) is 3.91. The Morgan fingerprint density at radius 3 is 2.72 bits per heavy atom. The van der Waals surface area contributed by atoms with E-state index in [4.69, 9.17) is 5.73 Å². The smallest absolute Gasteiger partial charge is 0.0447 e. The molecule has 18 heavy (non-hydrogen) atoms. The second kappa shape index (κ2) is 6.35. The number of hydrogen-bond donors (Lipinski definition) is 2. The molecule has 0 aliphatic heterocycles. The maximum absolute atomic E-state index is 5.90. The molecular formula is C16H26N2. The van der Waals surface area contributed by atoms with Crippen molar-refractivity contribution in [1.82, 2.24) is 5.32 Å².